The van der Waals surface area contributed by atoms with Crippen LogP contribution in [0.15, 0.2) is 60.7 Å². The van der Waals surface area contributed by atoms with Gasteiger partial charge in [-0.1, -0.05) is 60.7 Å². The first-order valence-electron chi connectivity index (χ1n) is 7.36. The molecule has 4 heteroatoms. The van der Waals surface area contributed by atoms with Crippen molar-refractivity contribution in [3.63, 3.8) is 0 Å². The van der Waals surface area contributed by atoms with Gasteiger partial charge in [0.25, 0.3) is 0 Å². The van der Waals surface area contributed by atoms with Crippen LogP contribution in [0.25, 0.3) is 0 Å². The largest absolute Gasteiger partial charge is 0.368 e. The number of nitrogens with two attached hydrogens (primary N) is 1. The summed E-state index contributed by atoms with van der Waals surface area (Å²) in [6.07, 6.45) is 0. The number of nitrogens with zero attached hydrogens (tertiary/aromatic N) is 1. The maximum absolute atomic E-state index is 13.0. The van der Waals surface area contributed by atoms with Gasteiger partial charge in [-0.15, -0.1) is 0 Å². The molecule has 114 valence electrons. The fourth-order valence-electron chi connectivity index (χ4n) is 3.68. The predicted octanol–water partition coefficient (Wildman–Crippen LogP) is 2.67. The zero-order valence-electron chi connectivity index (χ0n) is 12.7. The molecule has 1 saturated carbocycles. The minimum absolute atomic E-state index is 0.229. The van der Waals surface area contributed by atoms with Crippen LogP contribution in [-0.4, -0.2) is 11.7 Å². The second-order valence-corrected chi connectivity index (χ2v) is 6.03. The van der Waals surface area contributed by atoms with Gasteiger partial charge in [-0.3, -0.25) is 9.59 Å². The van der Waals surface area contributed by atoms with Crippen LogP contribution in [0.3, 0.4) is 0 Å². The third-order valence-electron chi connectivity index (χ3n) is 4.95. The SMILES string of the molecule is C[C@@]1(C(=O)c2ccccc2)[C@@H](c2ccccc2)[C@@]1(C#N)C(N)=O. The van der Waals surface area contributed by atoms with Crippen LogP contribution in [0.4, 0.5) is 0 Å². The lowest BCUT2D eigenvalue weighted by atomic mass is 9.87. The van der Waals surface area contributed by atoms with Gasteiger partial charge in [-0.2, -0.15) is 5.26 Å². The average molecular weight is 304 g/mol. The summed E-state index contributed by atoms with van der Waals surface area (Å²) in [6.45, 7) is 1.66. The normalized spacial score (nSPS) is 28.6. The van der Waals surface area contributed by atoms with Crippen LogP contribution in [0.1, 0.15) is 28.8 Å². The molecule has 0 unspecified atom stereocenters. The van der Waals surface area contributed by atoms with Gasteiger partial charge in [0.1, 0.15) is 0 Å². The Morgan fingerprint density at radius 1 is 1.04 bits per heavy atom. The highest BCUT2D eigenvalue weighted by molar-refractivity contribution is 6.11. The van der Waals surface area contributed by atoms with E-state index in [0.29, 0.717) is 5.56 Å². The van der Waals surface area contributed by atoms with Crippen molar-refractivity contribution < 1.29 is 9.59 Å². The Hall–Kier alpha value is -2.93. The van der Waals surface area contributed by atoms with E-state index in [1.54, 1.807) is 31.2 Å². The van der Waals surface area contributed by atoms with Crippen molar-refractivity contribution in [1.29, 1.82) is 5.26 Å². The van der Waals surface area contributed by atoms with Crippen molar-refractivity contribution >= 4 is 11.7 Å². The number of ketones is 1. The fourth-order valence-corrected chi connectivity index (χ4v) is 3.68. The summed E-state index contributed by atoms with van der Waals surface area (Å²) in [5.74, 6) is -1.51. The van der Waals surface area contributed by atoms with Gasteiger partial charge in [-0.05, 0) is 12.5 Å². The number of nitriles is 1. The van der Waals surface area contributed by atoms with Crippen molar-refractivity contribution in [1.82, 2.24) is 0 Å². The Balaban J connectivity index is 2.14. The Kier molecular flexibility index (Phi) is 3.30. The number of hydrogen-bond acceptors (Lipinski definition) is 3. The number of benzene rings is 2. The zero-order valence-corrected chi connectivity index (χ0v) is 12.7. The molecule has 0 bridgehead atoms. The summed E-state index contributed by atoms with van der Waals surface area (Å²) in [5.41, 5.74) is 4.14. The standard InChI is InChI=1S/C19H16N2O2/c1-18(16(22)14-10-6-3-7-11-14)15(13-8-4-2-5-9-13)19(18,12-20)17(21)23/h2-11,15H,1H3,(H2,21,23)/t15-,18+,19+/m1/s1. The minimum Gasteiger partial charge on any atom is -0.368 e. The average Bonchev–Trinajstić information content (AvgIpc) is 3.17. The van der Waals surface area contributed by atoms with E-state index in [9.17, 15) is 14.9 Å². The van der Waals surface area contributed by atoms with Crippen molar-refractivity contribution in [3.05, 3.63) is 71.8 Å². The molecule has 0 saturated heterocycles. The predicted molar refractivity (Wildman–Crippen MR) is 85.3 cm³/mol. The monoisotopic (exact) mass is 304 g/mol. The smallest absolute Gasteiger partial charge is 0.239 e. The van der Waals surface area contributed by atoms with E-state index < -0.39 is 22.7 Å². The van der Waals surface area contributed by atoms with E-state index in [-0.39, 0.29) is 5.78 Å². The van der Waals surface area contributed by atoms with Gasteiger partial charge in [0.2, 0.25) is 5.91 Å². The van der Waals surface area contributed by atoms with Crippen LogP contribution >= 0.6 is 0 Å². The third-order valence-corrected chi connectivity index (χ3v) is 4.95. The molecule has 0 aliphatic heterocycles. The second kappa shape index (κ2) is 5.06. The molecule has 3 atom stereocenters. The number of primary amides is 1. The molecule has 0 aromatic heterocycles. The number of hydrogen-bond donors (Lipinski definition) is 1. The lowest BCUT2D eigenvalue weighted by Gasteiger charge is -2.12. The molecule has 3 rings (SSSR count). The van der Waals surface area contributed by atoms with E-state index in [4.69, 9.17) is 5.73 Å². The molecular weight excluding hydrogens is 288 g/mol. The van der Waals surface area contributed by atoms with Gasteiger partial charge < -0.3 is 5.73 Å². The molecule has 0 spiro atoms. The van der Waals surface area contributed by atoms with Gasteiger partial charge in [-0.25, -0.2) is 0 Å². The van der Waals surface area contributed by atoms with Crippen molar-refractivity contribution in [2.24, 2.45) is 16.6 Å². The molecule has 1 amide bonds. The first-order valence-corrected chi connectivity index (χ1v) is 7.36. The summed E-state index contributed by atoms with van der Waals surface area (Å²) >= 11 is 0. The summed E-state index contributed by atoms with van der Waals surface area (Å²) in [6, 6.07) is 19.9. The third kappa shape index (κ3) is 1.83. The highest BCUT2D eigenvalue weighted by Gasteiger charge is 2.82. The van der Waals surface area contributed by atoms with E-state index >= 15 is 0 Å². The van der Waals surface area contributed by atoms with Gasteiger partial charge in [0.15, 0.2) is 11.2 Å². The molecule has 0 radical (unpaired) electrons. The lowest BCUT2D eigenvalue weighted by Crippen LogP contribution is -2.32. The molecule has 2 N–H and O–H groups in total. The zero-order chi connectivity index (χ0) is 16.7. The van der Waals surface area contributed by atoms with Crippen LogP contribution in [0.2, 0.25) is 0 Å². The Labute approximate surface area is 134 Å². The van der Waals surface area contributed by atoms with E-state index in [0.717, 1.165) is 5.56 Å². The Morgan fingerprint density at radius 2 is 1.57 bits per heavy atom. The molecule has 1 aliphatic carbocycles. The Morgan fingerprint density at radius 3 is 2.04 bits per heavy atom. The number of amides is 1. The lowest BCUT2D eigenvalue weighted by molar-refractivity contribution is -0.122. The van der Waals surface area contributed by atoms with Crippen LogP contribution in [0, 0.1) is 22.2 Å². The summed E-state index contributed by atoms with van der Waals surface area (Å²) in [4.78, 5) is 25.1. The second-order valence-electron chi connectivity index (χ2n) is 6.03. The molecule has 2 aromatic carbocycles. The van der Waals surface area contributed by atoms with Crippen molar-refractivity contribution in [2.75, 3.05) is 0 Å². The molecule has 2 aromatic rings. The molecule has 23 heavy (non-hydrogen) atoms. The quantitative estimate of drug-likeness (QED) is 0.881. The number of rotatable bonds is 4. The first kappa shape index (κ1) is 15.0. The summed E-state index contributed by atoms with van der Waals surface area (Å²) in [7, 11) is 0. The molecule has 1 aliphatic rings. The van der Waals surface area contributed by atoms with Gasteiger partial charge in [0, 0.05) is 11.5 Å². The highest BCUT2D eigenvalue weighted by Crippen LogP contribution is 2.74. The number of carbonyl (C=O) groups is 2. The van der Waals surface area contributed by atoms with Crippen molar-refractivity contribution in [2.45, 2.75) is 12.8 Å². The maximum Gasteiger partial charge on any atom is 0.239 e. The van der Waals surface area contributed by atoms with Crippen LogP contribution in [0.5, 0.6) is 0 Å². The van der Waals surface area contributed by atoms with Crippen LogP contribution < -0.4 is 5.73 Å². The highest BCUT2D eigenvalue weighted by atomic mass is 16.2. The summed E-state index contributed by atoms with van der Waals surface area (Å²) < 4.78 is 0. The molecule has 4 nitrogen and oxygen atoms in total. The van der Waals surface area contributed by atoms with Gasteiger partial charge >= 0.3 is 0 Å². The first-order chi connectivity index (χ1) is 11.0. The minimum atomic E-state index is -1.51. The fraction of sp³-hybridized carbons (Fsp3) is 0.211. The van der Waals surface area contributed by atoms with Gasteiger partial charge in [0.05, 0.1) is 11.5 Å². The molecular formula is C19H16N2O2. The Bertz CT molecular complexity index is 810. The topological polar surface area (TPSA) is 83.9 Å². The molecule has 0 heterocycles. The van der Waals surface area contributed by atoms with Crippen LogP contribution in [-0.2, 0) is 4.79 Å². The summed E-state index contributed by atoms with van der Waals surface area (Å²) in [5, 5.41) is 9.69. The van der Waals surface area contributed by atoms with E-state index in [2.05, 4.69) is 0 Å². The van der Waals surface area contributed by atoms with E-state index in [1.807, 2.05) is 42.5 Å². The van der Waals surface area contributed by atoms with Crippen molar-refractivity contribution in [3.8, 4) is 6.07 Å². The number of carbonyl (C=O) groups excluding carboxylic acids is 2. The number of Topliss-reactive ketones (excluding diaryl/α,β-unsaturated/α-hetero) is 1. The maximum atomic E-state index is 13.0. The molecule has 1 fully saturated rings. The van der Waals surface area contributed by atoms with E-state index in [1.165, 1.54) is 0 Å².